The summed E-state index contributed by atoms with van der Waals surface area (Å²) in [7, 11) is 0. The van der Waals surface area contributed by atoms with Crippen molar-refractivity contribution in [3.63, 3.8) is 0 Å². The van der Waals surface area contributed by atoms with Gasteiger partial charge in [0.15, 0.2) is 0 Å². The van der Waals surface area contributed by atoms with Gasteiger partial charge in [0.25, 0.3) is 0 Å². The minimum Gasteiger partial charge on any atom is -0.478 e. The summed E-state index contributed by atoms with van der Waals surface area (Å²) < 4.78 is 0. The van der Waals surface area contributed by atoms with Gasteiger partial charge in [-0.2, -0.15) is 0 Å². The summed E-state index contributed by atoms with van der Waals surface area (Å²) in [5, 5.41) is 9.57. The van der Waals surface area contributed by atoms with Crippen LogP contribution in [-0.2, 0) is 11.8 Å². The highest BCUT2D eigenvalue weighted by atomic mass is 16.4. The number of carbonyl (C=O) groups is 1. The smallest absolute Gasteiger partial charge is 0.335 e. The topological polar surface area (TPSA) is 37.3 Å². The molecule has 0 amide bonds. The van der Waals surface area contributed by atoms with Crippen molar-refractivity contribution in [3.8, 4) is 0 Å². The van der Waals surface area contributed by atoms with Crippen molar-refractivity contribution in [2.75, 3.05) is 0 Å². The second kappa shape index (κ2) is 5.65. The quantitative estimate of drug-likeness (QED) is 0.768. The van der Waals surface area contributed by atoms with Crippen molar-refractivity contribution in [1.82, 2.24) is 0 Å². The summed E-state index contributed by atoms with van der Waals surface area (Å²) in [6.07, 6.45) is 4.29. The molecule has 0 heterocycles. The number of hydrogen-bond acceptors (Lipinski definition) is 1. The highest BCUT2D eigenvalue weighted by Gasteiger charge is 2.56. The van der Waals surface area contributed by atoms with Crippen LogP contribution in [0.1, 0.15) is 87.9 Å². The van der Waals surface area contributed by atoms with E-state index in [-0.39, 0.29) is 16.2 Å². The van der Waals surface area contributed by atoms with E-state index < -0.39 is 5.97 Å². The summed E-state index contributed by atoms with van der Waals surface area (Å²) in [6.45, 7) is 16.0. The average molecular weight is 316 g/mol. The van der Waals surface area contributed by atoms with Crippen LogP contribution in [0.25, 0.3) is 0 Å². The van der Waals surface area contributed by atoms with Crippen LogP contribution in [0.2, 0.25) is 0 Å². The first-order valence-electron chi connectivity index (χ1n) is 8.92. The number of benzene rings is 1. The molecular weight excluding hydrogens is 284 g/mol. The maximum absolute atomic E-state index is 11.7. The Bertz CT molecular complexity index is 625. The largest absolute Gasteiger partial charge is 0.478 e. The molecule has 2 heteroatoms. The van der Waals surface area contributed by atoms with E-state index in [1.807, 2.05) is 6.92 Å². The van der Waals surface area contributed by atoms with Gasteiger partial charge in [-0.15, -0.1) is 0 Å². The van der Waals surface area contributed by atoms with Crippen LogP contribution in [0.5, 0.6) is 0 Å². The van der Waals surface area contributed by atoms with Crippen LogP contribution in [-0.4, -0.2) is 11.1 Å². The van der Waals surface area contributed by atoms with Crippen molar-refractivity contribution in [3.05, 3.63) is 34.4 Å². The van der Waals surface area contributed by atoms with Gasteiger partial charge < -0.3 is 5.11 Å². The molecule has 0 fully saturated rings. The number of hydrogen-bond donors (Lipinski definition) is 1. The fraction of sp³-hybridized carbons (Fsp3) is 0.667. The lowest BCUT2D eigenvalue weighted by atomic mass is 9.44. The SMILES string of the molecule is CCCC1(CC)c2c(ccc(C(=O)O)c2C)CC(C)(C)C1(C)C. The lowest BCUT2D eigenvalue weighted by Crippen LogP contribution is -2.55. The van der Waals surface area contributed by atoms with E-state index in [0.29, 0.717) is 5.56 Å². The fourth-order valence-electron chi connectivity index (χ4n) is 5.13. The lowest BCUT2D eigenvalue weighted by molar-refractivity contribution is -0.0130. The van der Waals surface area contributed by atoms with Crippen molar-refractivity contribution in [2.24, 2.45) is 10.8 Å². The molecule has 1 aromatic rings. The zero-order valence-electron chi connectivity index (χ0n) is 15.8. The van der Waals surface area contributed by atoms with E-state index in [1.54, 1.807) is 6.07 Å². The maximum atomic E-state index is 11.7. The Morgan fingerprint density at radius 3 is 2.26 bits per heavy atom. The molecular formula is C21H32O2. The molecule has 0 aliphatic heterocycles. The molecule has 0 saturated carbocycles. The Balaban J connectivity index is 2.88. The summed E-state index contributed by atoms with van der Waals surface area (Å²) >= 11 is 0. The predicted octanol–water partition coefficient (Wildman–Crippen LogP) is 5.75. The minimum absolute atomic E-state index is 0.0361. The van der Waals surface area contributed by atoms with E-state index in [0.717, 1.165) is 31.2 Å². The molecule has 0 bridgehead atoms. The van der Waals surface area contributed by atoms with Gasteiger partial charge in [0.05, 0.1) is 5.56 Å². The second-order valence-electron chi connectivity index (χ2n) is 8.45. The van der Waals surface area contributed by atoms with Crippen LogP contribution in [0.15, 0.2) is 12.1 Å². The molecule has 0 saturated heterocycles. The zero-order valence-corrected chi connectivity index (χ0v) is 15.8. The van der Waals surface area contributed by atoms with Gasteiger partial charge in [-0.3, -0.25) is 0 Å². The monoisotopic (exact) mass is 316 g/mol. The van der Waals surface area contributed by atoms with Crippen molar-refractivity contribution in [2.45, 2.75) is 79.6 Å². The van der Waals surface area contributed by atoms with Crippen LogP contribution in [0.3, 0.4) is 0 Å². The number of carboxylic acids is 1. The molecule has 1 aromatic carbocycles. The Morgan fingerprint density at radius 2 is 1.78 bits per heavy atom. The van der Waals surface area contributed by atoms with Gasteiger partial charge in [-0.05, 0) is 59.8 Å². The standard InChI is InChI=1S/C21H32O2/c1-8-12-21(9-2)17-14(3)16(18(22)23)11-10-15(17)13-19(4,5)20(21,6)7/h10-11H,8-9,12-13H2,1-7H3,(H,22,23). The molecule has 1 N–H and O–H groups in total. The van der Waals surface area contributed by atoms with E-state index in [2.05, 4.69) is 47.6 Å². The van der Waals surface area contributed by atoms with Crippen molar-refractivity contribution < 1.29 is 9.90 Å². The highest BCUT2D eigenvalue weighted by Crippen LogP contribution is 2.62. The molecule has 1 unspecified atom stereocenters. The Labute approximate surface area is 141 Å². The van der Waals surface area contributed by atoms with Crippen LogP contribution in [0, 0.1) is 17.8 Å². The van der Waals surface area contributed by atoms with Gasteiger partial charge in [-0.25, -0.2) is 4.79 Å². The van der Waals surface area contributed by atoms with Crippen LogP contribution < -0.4 is 0 Å². The molecule has 23 heavy (non-hydrogen) atoms. The summed E-state index contributed by atoms with van der Waals surface area (Å²) in [5.41, 5.74) is 4.45. The molecule has 1 aliphatic rings. The third-order valence-corrected chi connectivity index (χ3v) is 7.06. The predicted molar refractivity (Wildman–Crippen MR) is 96.3 cm³/mol. The first-order valence-corrected chi connectivity index (χ1v) is 8.92. The fourth-order valence-corrected chi connectivity index (χ4v) is 5.13. The first kappa shape index (κ1) is 18.0. The zero-order chi connectivity index (χ0) is 17.6. The van der Waals surface area contributed by atoms with Gasteiger partial charge in [-0.1, -0.05) is 54.0 Å². The molecule has 2 nitrogen and oxygen atoms in total. The number of aromatic carboxylic acids is 1. The van der Waals surface area contributed by atoms with Gasteiger partial charge in [0.2, 0.25) is 0 Å². The summed E-state index contributed by atoms with van der Waals surface area (Å²) in [6, 6.07) is 3.88. The maximum Gasteiger partial charge on any atom is 0.335 e. The average Bonchev–Trinajstić information content (AvgIpc) is 2.43. The summed E-state index contributed by atoms with van der Waals surface area (Å²) in [5.74, 6) is -0.811. The van der Waals surface area contributed by atoms with Crippen LogP contribution >= 0.6 is 0 Å². The summed E-state index contributed by atoms with van der Waals surface area (Å²) in [4.78, 5) is 11.7. The van der Waals surface area contributed by atoms with Gasteiger partial charge >= 0.3 is 5.97 Å². The molecule has 0 spiro atoms. The second-order valence-corrected chi connectivity index (χ2v) is 8.45. The van der Waals surface area contributed by atoms with Crippen molar-refractivity contribution in [1.29, 1.82) is 0 Å². The molecule has 1 aliphatic carbocycles. The number of carboxylic acid groups (broad SMARTS) is 1. The van der Waals surface area contributed by atoms with Crippen molar-refractivity contribution >= 4 is 5.97 Å². The first-order chi connectivity index (χ1) is 10.6. The normalized spacial score (nSPS) is 25.0. The molecule has 0 aromatic heterocycles. The van der Waals surface area contributed by atoms with Crippen LogP contribution in [0.4, 0.5) is 0 Å². The number of rotatable bonds is 4. The van der Waals surface area contributed by atoms with Gasteiger partial charge in [0.1, 0.15) is 0 Å². The molecule has 128 valence electrons. The third-order valence-electron chi connectivity index (χ3n) is 7.06. The van der Waals surface area contributed by atoms with E-state index in [4.69, 9.17) is 0 Å². The Hall–Kier alpha value is -1.31. The Kier molecular flexibility index (Phi) is 4.43. The molecule has 2 rings (SSSR count). The molecule has 1 atom stereocenters. The lowest BCUT2D eigenvalue weighted by Gasteiger charge is -2.60. The van der Waals surface area contributed by atoms with E-state index in [9.17, 15) is 9.90 Å². The minimum atomic E-state index is -0.811. The highest BCUT2D eigenvalue weighted by molar-refractivity contribution is 5.90. The van der Waals surface area contributed by atoms with E-state index >= 15 is 0 Å². The third kappa shape index (κ3) is 2.33. The Morgan fingerprint density at radius 1 is 1.17 bits per heavy atom. The molecule has 0 radical (unpaired) electrons. The van der Waals surface area contributed by atoms with Gasteiger partial charge in [0, 0.05) is 5.41 Å². The van der Waals surface area contributed by atoms with E-state index in [1.165, 1.54) is 11.1 Å². The number of fused-ring (bicyclic) bond motifs is 1.